The maximum Gasteiger partial charge on any atom is 0.242 e. The summed E-state index contributed by atoms with van der Waals surface area (Å²) < 4.78 is 40.2. The van der Waals surface area contributed by atoms with E-state index in [1.165, 1.54) is 6.07 Å². The smallest absolute Gasteiger partial charge is 0.242 e. The third-order valence-electron chi connectivity index (χ3n) is 3.28. The number of halogens is 2. The molecule has 1 aromatic carbocycles. The number of sulfonamides is 1. The second-order valence-corrected chi connectivity index (χ2v) is 7.09. The van der Waals surface area contributed by atoms with Crippen LogP contribution in [0, 0.1) is 11.7 Å². The highest BCUT2D eigenvalue weighted by Crippen LogP contribution is 2.24. The number of likely N-dealkylation sites (tertiary alicyclic amines) is 1. The quantitative estimate of drug-likeness (QED) is 0.925. The van der Waals surface area contributed by atoms with Gasteiger partial charge in [0.1, 0.15) is 10.7 Å². The standard InChI is InChI=1S/C12H16ClFN2O2S/c1-8-6-16(2)7-11(8)15-19(17,18)12-5-9(14)3-4-10(12)13/h3-5,8,11,15H,6-7H2,1-2H3/t8-,11-/m1/s1. The zero-order valence-electron chi connectivity index (χ0n) is 10.7. The topological polar surface area (TPSA) is 49.4 Å². The number of benzene rings is 1. The Morgan fingerprint density at radius 2 is 2.11 bits per heavy atom. The van der Waals surface area contributed by atoms with E-state index in [4.69, 9.17) is 11.6 Å². The normalized spacial score (nSPS) is 24.8. The summed E-state index contributed by atoms with van der Waals surface area (Å²) in [5.74, 6) is -0.423. The molecule has 1 aromatic rings. The summed E-state index contributed by atoms with van der Waals surface area (Å²) in [6, 6.07) is 3.13. The third kappa shape index (κ3) is 3.25. The number of hydrogen-bond donors (Lipinski definition) is 1. The van der Waals surface area contributed by atoms with Gasteiger partial charge in [-0.3, -0.25) is 0 Å². The molecule has 7 heteroatoms. The van der Waals surface area contributed by atoms with Crippen molar-refractivity contribution in [2.75, 3.05) is 20.1 Å². The van der Waals surface area contributed by atoms with E-state index in [0.717, 1.165) is 18.7 Å². The molecular weight excluding hydrogens is 291 g/mol. The number of rotatable bonds is 3. The van der Waals surface area contributed by atoms with Crippen LogP contribution in [-0.2, 0) is 10.0 Å². The van der Waals surface area contributed by atoms with E-state index in [2.05, 4.69) is 4.72 Å². The molecule has 0 saturated carbocycles. The summed E-state index contributed by atoms with van der Waals surface area (Å²) in [4.78, 5) is 1.83. The van der Waals surface area contributed by atoms with E-state index in [1.54, 1.807) is 0 Å². The molecule has 2 rings (SSSR count). The van der Waals surface area contributed by atoms with Crippen molar-refractivity contribution in [3.63, 3.8) is 0 Å². The van der Waals surface area contributed by atoms with Gasteiger partial charge in [-0.15, -0.1) is 0 Å². The Hall–Kier alpha value is -0.690. The molecule has 0 radical (unpaired) electrons. The van der Waals surface area contributed by atoms with Crippen LogP contribution < -0.4 is 4.72 Å². The van der Waals surface area contributed by atoms with Crippen molar-refractivity contribution in [3.8, 4) is 0 Å². The molecule has 4 nitrogen and oxygen atoms in total. The first kappa shape index (κ1) is 14.7. The van der Waals surface area contributed by atoms with Crippen LogP contribution in [0.3, 0.4) is 0 Å². The molecule has 0 spiro atoms. The van der Waals surface area contributed by atoms with E-state index in [1.807, 2.05) is 18.9 Å². The fraction of sp³-hybridized carbons (Fsp3) is 0.500. The largest absolute Gasteiger partial charge is 0.304 e. The molecule has 1 heterocycles. The highest BCUT2D eigenvalue weighted by molar-refractivity contribution is 7.89. The van der Waals surface area contributed by atoms with Crippen molar-refractivity contribution < 1.29 is 12.8 Å². The van der Waals surface area contributed by atoms with Gasteiger partial charge in [0.05, 0.1) is 5.02 Å². The SMILES string of the molecule is C[C@@H]1CN(C)C[C@H]1NS(=O)(=O)c1cc(F)ccc1Cl. The molecule has 19 heavy (non-hydrogen) atoms. The first-order valence-electron chi connectivity index (χ1n) is 5.95. The van der Waals surface area contributed by atoms with Crippen LogP contribution in [0.25, 0.3) is 0 Å². The minimum absolute atomic E-state index is 0.0212. The zero-order valence-corrected chi connectivity index (χ0v) is 12.3. The molecule has 1 saturated heterocycles. The number of nitrogens with zero attached hydrogens (tertiary/aromatic N) is 1. The molecule has 1 N–H and O–H groups in total. The van der Waals surface area contributed by atoms with Gasteiger partial charge >= 0.3 is 0 Å². The van der Waals surface area contributed by atoms with Crippen LogP contribution in [0.5, 0.6) is 0 Å². The summed E-state index contributed by atoms with van der Waals surface area (Å²) in [6.45, 7) is 3.43. The summed E-state index contributed by atoms with van der Waals surface area (Å²) in [5.41, 5.74) is 0. The predicted octanol–water partition coefficient (Wildman–Crippen LogP) is 1.71. The lowest BCUT2D eigenvalue weighted by Gasteiger charge is -2.17. The Balaban J connectivity index is 2.26. The summed E-state index contributed by atoms with van der Waals surface area (Å²) in [7, 11) is -1.87. The predicted molar refractivity (Wildman–Crippen MR) is 72.2 cm³/mol. The van der Waals surface area contributed by atoms with Crippen molar-refractivity contribution in [3.05, 3.63) is 29.0 Å². The summed E-state index contributed by atoms with van der Waals surface area (Å²) >= 11 is 5.83. The lowest BCUT2D eigenvalue weighted by atomic mass is 10.1. The lowest BCUT2D eigenvalue weighted by molar-refractivity contribution is 0.400. The van der Waals surface area contributed by atoms with Crippen LogP contribution in [0.15, 0.2) is 23.1 Å². The van der Waals surface area contributed by atoms with Crippen LogP contribution in [0.1, 0.15) is 6.92 Å². The molecule has 0 amide bonds. The maximum atomic E-state index is 13.2. The molecule has 1 fully saturated rings. The van der Waals surface area contributed by atoms with E-state index in [9.17, 15) is 12.8 Å². The fourth-order valence-electron chi connectivity index (χ4n) is 2.31. The van der Waals surface area contributed by atoms with E-state index >= 15 is 0 Å². The van der Waals surface area contributed by atoms with Gasteiger partial charge < -0.3 is 4.90 Å². The minimum atomic E-state index is -3.80. The molecule has 0 aromatic heterocycles. The Labute approximate surface area is 117 Å². The number of likely N-dealkylation sites (N-methyl/N-ethyl adjacent to an activating group) is 1. The van der Waals surface area contributed by atoms with E-state index in [-0.39, 0.29) is 21.9 Å². The Bertz CT molecular complexity index is 579. The minimum Gasteiger partial charge on any atom is -0.304 e. The molecule has 2 atom stereocenters. The van der Waals surface area contributed by atoms with Crippen molar-refractivity contribution in [2.45, 2.75) is 17.9 Å². The summed E-state index contributed by atoms with van der Waals surface area (Å²) in [6.07, 6.45) is 0. The van der Waals surface area contributed by atoms with Gasteiger partial charge in [-0.1, -0.05) is 18.5 Å². The van der Waals surface area contributed by atoms with Crippen LogP contribution in [-0.4, -0.2) is 39.5 Å². The average Bonchev–Trinajstić information content (AvgIpc) is 2.60. The monoisotopic (exact) mass is 306 g/mol. The number of hydrogen-bond acceptors (Lipinski definition) is 3. The van der Waals surface area contributed by atoms with Crippen LogP contribution in [0.2, 0.25) is 5.02 Å². The average molecular weight is 307 g/mol. The van der Waals surface area contributed by atoms with Crippen molar-refractivity contribution in [2.24, 2.45) is 5.92 Å². The van der Waals surface area contributed by atoms with Gasteiger partial charge in [0.2, 0.25) is 10.0 Å². The van der Waals surface area contributed by atoms with Crippen molar-refractivity contribution in [1.82, 2.24) is 9.62 Å². The van der Waals surface area contributed by atoms with Gasteiger partial charge in [-0.2, -0.15) is 0 Å². The number of nitrogens with one attached hydrogen (secondary N) is 1. The lowest BCUT2D eigenvalue weighted by Crippen LogP contribution is -2.39. The molecule has 0 unspecified atom stereocenters. The Kier molecular flexibility index (Phi) is 4.15. The van der Waals surface area contributed by atoms with Crippen LogP contribution >= 0.6 is 11.6 Å². The van der Waals surface area contributed by atoms with Gasteiger partial charge in [0.25, 0.3) is 0 Å². The molecular formula is C12H16ClFN2O2S. The Morgan fingerprint density at radius 1 is 1.42 bits per heavy atom. The van der Waals surface area contributed by atoms with Crippen molar-refractivity contribution >= 4 is 21.6 Å². The highest BCUT2D eigenvalue weighted by Gasteiger charge is 2.32. The molecule has 106 valence electrons. The van der Waals surface area contributed by atoms with Gasteiger partial charge in [-0.25, -0.2) is 17.5 Å². The van der Waals surface area contributed by atoms with Gasteiger partial charge in [0, 0.05) is 19.1 Å². The third-order valence-corrected chi connectivity index (χ3v) is 5.26. The maximum absolute atomic E-state index is 13.2. The molecule has 0 bridgehead atoms. The Morgan fingerprint density at radius 3 is 2.68 bits per heavy atom. The first-order chi connectivity index (χ1) is 8.79. The first-order valence-corrected chi connectivity index (χ1v) is 7.81. The molecule has 1 aliphatic heterocycles. The molecule has 0 aliphatic carbocycles. The summed E-state index contributed by atoms with van der Waals surface area (Å²) in [5, 5.41) is 0.0212. The van der Waals surface area contributed by atoms with Gasteiger partial charge in [-0.05, 0) is 31.2 Å². The second-order valence-electron chi connectivity index (χ2n) is 5.00. The van der Waals surface area contributed by atoms with E-state index in [0.29, 0.717) is 6.54 Å². The van der Waals surface area contributed by atoms with Crippen LogP contribution in [0.4, 0.5) is 4.39 Å². The second kappa shape index (κ2) is 5.36. The molecule has 1 aliphatic rings. The fourth-order valence-corrected chi connectivity index (χ4v) is 4.16. The van der Waals surface area contributed by atoms with E-state index < -0.39 is 15.8 Å². The van der Waals surface area contributed by atoms with Gasteiger partial charge in [0.15, 0.2) is 0 Å². The zero-order chi connectivity index (χ0) is 14.2. The van der Waals surface area contributed by atoms with Crippen molar-refractivity contribution in [1.29, 1.82) is 0 Å². The highest BCUT2D eigenvalue weighted by atomic mass is 35.5.